The van der Waals surface area contributed by atoms with Crippen molar-refractivity contribution in [3.8, 4) is 0 Å². The Bertz CT molecular complexity index is 1170. The number of urea groups is 1. The van der Waals surface area contributed by atoms with Gasteiger partial charge in [-0.3, -0.25) is 14.6 Å². The molecule has 196 valence electrons. The first-order chi connectivity index (χ1) is 17.8. The van der Waals surface area contributed by atoms with Gasteiger partial charge in [-0.1, -0.05) is 30.3 Å². The van der Waals surface area contributed by atoms with E-state index in [0.717, 1.165) is 5.56 Å². The van der Waals surface area contributed by atoms with Gasteiger partial charge in [0, 0.05) is 50.0 Å². The average molecular weight is 509 g/mol. The fraction of sp³-hybridized carbons (Fsp3) is 0.393. The number of benzene rings is 2. The van der Waals surface area contributed by atoms with Crippen LogP contribution in [0.4, 0.5) is 9.18 Å². The van der Waals surface area contributed by atoms with Gasteiger partial charge in [-0.15, -0.1) is 0 Å². The second kappa shape index (κ2) is 11.6. The highest BCUT2D eigenvalue weighted by Gasteiger charge is 2.39. The molecule has 37 heavy (non-hydrogen) atoms. The molecule has 2 aliphatic heterocycles. The number of halogens is 1. The predicted octanol–water partition coefficient (Wildman–Crippen LogP) is 3.58. The highest BCUT2D eigenvalue weighted by molar-refractivity contribution is 5.95. The highest BCUT2D eigenvalue weighted by Crippen LogP contribution is 2.32. The molecule has 2 aliphatic rings. The molecule has 1 fully saturated rings. The van der Waals surface area contributed by atoms with Gasteiger partial charge < -0.3 is 15.0 Å². The molecule has 2 heterocycles. The van der Waals surface area contributed by atoms with E-state index in [4.69, 9.17) is 4.74 Å². The average Bonchev–Trinajstić information content (AvgIpc) is 2.89. The lowest BCUT2D eigenvalue weighted by atomic mass is 9.94. The molecular weight excluding hydrogens is 475 g/mol. The van der Waals surface area contributed by atoms with E-state index in [1.165, 1.54) is 24.3 Å². The number of amides is 3. The zero-order valence-corrected chi connectivity index (χ0v) is 21.4. The molecule has 1 N–H and O–H groups in total. The molecule has 2 aromatic carbocycles. The van der Waals surface area contributed by atoms with Gasteiger partial charge in [0.25, 0.3) is 5.91 Å². The van der Waals surface area contributed by atoms with E-state index in [-0.39, 0.29) is 30.4 Å². The largest absolute Gasteiger partial charge is 0.463 e. The number of likely N-dealkylation sites (N-methyl/N-ethyl adjacent to an activating group) is 1. The lowest BCUT2D eigenvalue weighted by molar-refractivity contribution is -0.139. The number of esters is 1. The van der Waals surface area contributed by atoms with Gasteiger partial charge in [0.2, 0.25) is 0 Å². The van der Waals surface area contributed by atoms with Crippen molar-refractivity contribution in [1.29, 1.82) is 0 Å². The van der Waals surface area contributed by atoms with Crippen molar-refractivity contribution in [3.05, 3.63) is 82.8 Å². The molecule has 2 aromatic rings. The van der Waals surface area contributed by atoms with Crippen LogP contribution in [0.2, 0.25) is 0 Å². The van der Waals surface area contributed by atoms with Crippen LogP contribution in [0.5, 0.6) is 0 Å². The zero-order chi connectivity index (χ0) is 26.5. The first-order valence-corrected chi connectivity index (χ1v) is 12.7. The fourth-order valence-electron chi connectivity index (χ4n) is 5.00. The van der Waals surface area contributed by atoms with E-state index in [9.17, 15) is 18.8 Å². The SMILES string of the molecule is CCOC(=O)C1=C(CN2CCN(C(=O)c3ccc(F)cc3)[C@@H](C)C2)N(CC)C(=O)N[C@H]1c1ccccc1. The quantitative estimate of drug-likeness (QED) is 0.579. The highest BCUT2D eigenvalue weighted by atomic mass is 19.1. The normalized spacial score (nSPS) is 20.6. The summed E-state index contributed by atoms with van der Waals surface area (Å²) in [5.41, 5.74) is 2.28. The number of piperazine rings is 1. The van der Waals surface area contributed by atoms with Crippen molar-refractivity contribution in [1.82, 2.24) is 20.0 Å². The van der Waals surface area contributed by atoms with Crippen molar-refractivity contribution in [2.24, 2.45) is 0 Å². The molecule has 0 unspecified atom stereocenters. The van der Waals surface area contributed by atoms with E-state index in [1.807, 2.05) is 44.2 Å². The minimum Gasteiger partial charge on any atom is -0.463 e. The summed E-state index contributed by atoms with van der Waals surface area (Å²) in [7, 11) is 0. The molecular formula is C28H33FN4O4. The maximum atomic E-state index is 13.3. The Morgan fingerprint density at radius 2 is 1.76 bits per heavy atom. The summed E-state index contributed by atoms with van der Waals surface area (Å²) >= 11 is 0. The van der Waals surface area contributed by atoms with Crippen molar-refractivity contribution in [2.75, 3.05) is 39.3 Å². The van der Waals surface area contributed by atoms with E-state index in [1.54, 1.807) is 16.7 Å². The molecule has 2 atom stereocenters. The number of ether oxygens (including phenoxy) is 1. The number of nitrogens with one attached hydrogen (secondary N) is 1. The fourth-order valence-corrected chi connectivity index (χ4v) is 5.00. The molecule has 1 saturated heterocycles. The minimum atomic E-state index is -0.621. The first-order valence-electron chi connectivity index (χ1n) is 12.7. The molecule has 8 nitrogen and oxygen atoms in total. The first kappa shape index (κ1) is 26.3. The monoisotopic (exact) mass is 508 g/mol. The maximum absolute atomic E-state index is 13.3. The standard InChI is InChI=1S/C28H33FN4O4/c1-4-32-23(24(27(35)37-5-2)25(30-28(32)36)20-9-7-6-8-10-20)18-31-15-16-33(19(3)17-31)26(34)21-11-13-22(29)14-12-21/h6-14,19,25H,4-5,15-18H2,1-3H3,(H,30,36)/t19-,25-/m0/s1. The molecule has 0 aliphatic carbocycles. The third kappa shape index (κ3) is 5.67. The molecule has 0 radical (unpaired) electrons. The van der Waals surface area contributed by atoms with Crippen LogP contribution < -0.4 is 5.32 Å². The molecule has 4 rings (SSSR count). The third-order valence-electron chi connectivity index (χ3n) is 6.82. The number of carbonyl (C=O) groups excluding carboxylic acids is 3. The molecule has 9 heteroatoms. The van der Waals surface area contributed by atoms with E-state index >= 15 is 0 Å². The van der Waals surface area contributed by atoms with Crippen LogP contribution >= 0.6 is 0 Å². The zero-order valence-electron chi connectivity index (χ0n) is 21.4. The number of hydrogen-bond donors (Lipinski definition) is 1. The van der Waals surface area contributed by atoms with Gasteiger partial charge in [0.15, 0.2) is 0 Å². The van der Waals surface area contributed by atoms with Crippen LogP contribution in [-0.4, -0.2) is 78.0 Å². The Balaban J connectivity index is 1.61. The van der Waals surface area contributed by atoms with E-state index in [2.05, 4.69) is 10.2 Å². The summed E-state index contributed by atoms with van der Waals surface area (Å²) in [6, 6.07) is 13.9. The molecule has 3 amide bonds. The van der Waals surface area contributed by atoms with Crippen LogP contribution in [0.15, 0.2) is 65.9 Å². The molecule has 0 saturated carbocycles. The summed E-state index contributed by atoms with van der Waals surface area (Å²) < 4.78 is 18.7. The van der Waals surface area contributed by atoms with Gasteiger partial charge in [0.1, 0.15) is 5.82 Å². The lowest BCUT2D eigenvalue weighted by Crippen LogP contribution is -2.56. The topological polar surface area (TPSA) is 82.2 Å². The Morgan fingerprint density at radius 3 is 2.38 bits per heavy atom. The van der Waals surface area contributed by atoms with Crippen molar-refractivity contribution >= 4 is 17.9 Å². The summed E-state index contributed by atoms with van der Waals surface area (Å²) in [6.07, 6.45) is 0. The van der Waals surface area contributed by atoms with Gasteiger partial charge in [0.05, 0.1) is 18.2 Å². The summed E-state index contributed by atoms with van der Waals surface area (Å²) in [5, 5.41) is 2.97. The number of rotatable bonds is 7. The van der Waals surface area contributed by atoms with Gasteiger partial charge in [-0.2, -0.15) is 0 Å². The Hall–Kier alpha value is -3.72. The van der Waals surface area contributed by atoms with Crippen molar-refractivity contribution in [3.63, 3.8) is 0 Å². The molecule has 0 spiro atoms. The second-order valence-corrected chi connectivity index (χ2v) is 9.21. The third-order valence-corrected chi connectivity index (χ3v) is 6.82. The minimum absolute atomic E-state index is 0.115. The van der Waals surface area contributed by atoms with Gasteiger partial charge in [-0.25, -0.2) is 14.0 Å². The van der Waals surface area contributed by atoms with Crippen LogP contribution in [0.1, 0.15) is 42.7 Å². The van der Waals surface area contributed by atoms with Gasteiger partial charge in [-0.05, 0) is 50.6 Å². The van der Waals surface area contributed by atoms with Crippen molar-refractivity contribution in [2.45, 2.75) is 32.9 Å². The van der Waals surface area contributed by atoms with Crippen LogP contribution in [-0.2, 0) is 9.53 Å². The number of nitrogens with zero attached hydrogens (tertiary/aromatic N) is 3. The van der Waals surface area contributed by atoms with Crippen LogP contribution in [0.3, 0.4) is 0 Å². The summed E-state index contributed by atoms with van der Waals surface area (Å²) in [5.74, 6) is -0.983. The Morgan fingerprint density at radius 1 is 1.05 bits per heavy atom. The Kier molecular flexibility index (Phi) is 8.23. The van der Waals surface area contributed by atoms with Crippen LogP contribution in [0, 0.1) is 5.82 Å². The second-order valence-electron chi connectivity index (χ2n) is 9.21. The number of hydrogen-bond acceptors (Lipinski definition) is 5. The van der Waals surface area contributed by atoms with Crippen molar-refractivity contribution < 1.29 is 23.5 Å². The Labute approximate surface area is 216 Å². The number of carbonyl (C=O) groups is 3. The van der Waals surface area contributed by atoms with E-state index in [0.29, 0.717) is 49.6 Å². The van der Waals surface area contributed by atoms with Gasteiger partial charge >= 0.3 is 12.0 Å². The van der Waals surface area contributed by atoms with Crippen LogP contribution in [0.25, 0.3) is 0 Å². The molecule has 0 aromatic heterocycles. The summed E-state index contributed by atoms with van der Waals surface area (Å²) in [4.78, 5) is 44.9. The lowest BCUT2D eigenvalue weighted by Gasteiger charge is -2.43. The van der Waals surface area contributed by atoms with E-state index < -0.39 is 12.0 Å². The maximum Gasteiger partial charge on any atom is 0.338 e. The summed E-state index contributed by atoms with van der Waals surface area (Å²) in [6.45, 7) is 8.16. The molecule has 0 bridgehead atoms. The smallest absolute Gasteiger partial charge is 0.338 e. The predicted molar refractivity (Wildman–Crippen MR) is 137 cm³/mol.